The molecule has 0 unspecified atom stereocenters. The van der Waals surface area contributed by atoms with E-state index in [0.29, 0.717) is 11.3 Å². The van der Waals surface area contributed by atoms with Crippen LogP contribution < -0.4 is 19.5 Å². The zero-order valence-corrected chi connectivity index (χ0v) is 21.2. The first-order valence-electron chi connectivity index (χ1n) is 11.4. The number of amides is 1. The van der Waals surface area contributed by atoms with E-state index in [1.165, 1.54) is 51.6 Å². The molecule has 0 spiro atoms. The highest BCUT2D eigenvalue weighted by Gasteiger charge is 2.30. The quantitative estimate of drug-likeness (QED) is 0.390. The molecule has 3 rings (SSSR count). The number of pyridine rings is 1. The van der Waals surface area contributed by atoms with Crippen LogP contribution in [0.5, 0.6) is 23.0 Å². The molecule has 0 saturated carbocycles. The molecule has 37 heavy (non-hydrogen) atoms. The molecule has 0 saturated heterocycles. The largest absolute Gasteiger partial charge is 0.503 e. The molecule has 0 aliphatic carbocycles. The molecule has 10 heteroatoms. The van der Waals surface area contributed by atoms with Crippen molar-refractivity contribution in [1.29, 1.82) is 0 Å². The van der Waals surface area contributed by atoms with Gasteiger partial charge in [0, 0.05) is 23.9 Å². The van der Waals surface area contributed by atoms with Gasteiger partial charge in [0.25, 0.3) is 5.91 Å². The van der Waals surface area contributed by atoms with Crippen LogP contribution in [-0.2, 0) is 9.53 Å². The maximum Gasteiger partial charge on any atom is 0.328 e. The average molecular weight is 513 g/mol. The summed E-state index contributed by atoms with van der Waals surface area (Å²) in [7, 11) is 2.74. The number of aryl methyl sites for hydroxylation is 1. The summed E-state index contributed by atoms with van der Waals surface area (Å²) in [6.07, 6.45) is -0.452. The molecule has 0 fully saturated rings. The third-order valence-electron chi connectivity index (χ3n) is 5.54. The normalized spacial score (nSPS) is 13.1. The number of aromatic hydroxyl groups is 1. The Balaban J connectivity index is 1.79. The molecular weight excluding hydrogens is 483 g/mol. The fourth-order valence-electron chi connectivity index (χ4n) is 3.53. The molecule has 0 bridgehead atoms. The van der Waals surface area contributed by atoms with Crippen molar-refractivity contribution < 1.29 is 38.0 Å². The van der Waals surface area contributed by atoms with Crippen LogP contribution in [-0.4, -0.2) is 48.3 Å². The summed E-state index contributed by atoms with van der Waals surface area (Å²) in [6, 6.07) is 11.5. The van der Waals surface area contributed by atoms with Crippen LogP contribution in [0.2, 0.25) is 0 Å². The number of rotatable bonds is 10. The highest BCUT2D eigenvalue weighted by Crippen LogP contribution is 2.34. The number of esters is 1. The van der Waals surface area contributed by atoms with Crippen molar-refractivity contribution in [3.63, 3.8) is 0 Å². The van der Waals surface area contributed by atoms with Gasteiger partial charge in [-0.15, -0.1) is 0 Å². The summed E-state index contributed by atoms with van der Waals surface area (Å²) >= 11 is 0. The van der Waals surface area contributed by atoms with Crippen molar-refractivity contribution in [3.05, 3.63) is 77.4 Å². The predicted molar refractivity (Wildman–Crippen MR) is 132 cm³/mol. The number of carbonyl (C=O) groups is 2. The summed E-state index contributed by atoms with van der Waals surface area (Å²) in [5.74, 6) is -1.71. The Kier molecular flexibility index (Phi) is 8.89. The van der Waals surface area contributed by atoms with Crippen LogP contribution in [0.3, 0.4) is 0 Å². The van der Waals surface area contributed by atoms with Crippen molar-refractivity contribution in [3.8, 4) is 23.0 Å². The van der Waals surface area contributed by atoms with Crippen LogP contribution in [0.15, 0.2) is 54.7 Å². The SMILES string of the molecule is COc1cc(F)ccc1[C@@H](Oc1ccc(C)cc1)[C@H](C)OC(=O)[C@H](C)NC(=O)c1nccc(OC)c1O. The smallest absolute Gasteiger partial charge is 0.328 e. The van der Waals surface area contributed by atoms with E-state index in [0.717, 1.165) is 5.56 Å². The highest BCUT2D eigenvalue weighted by atomic mass is 19.1. The Morgan fingerprint density at radius 2 is 1.68 bits per heavy atom. The second-order valence-corrected chi connectivity index (χ2v) is 8.29. The van der Waals surface area contributed by atoms with Crippen LogP contribution in [0.1, 0.15) is 41.6 Å². The second-order valence-electron chi connectivity index (χ2n) is 8.29. The predicted octanol–water partition coefficient (Wildman–Crippen LogP) is 4.12. The van der Waals surface area contributed by atoms with E-state index < -0.39 is 41.7 Å². The van der Waals surface area contributed by atoms with E-state index >= 15 is 0 Å². The Hall–Kier alpha value is -4.34. The molecule has 1 aromatic heterocycles. The molecule has 2 aromatic carbocycles. The number of carbonyl (C=O) groups excluding carboxylic acids is 2. The maximum absolute atomic E-state index is 13.8. The standard InChI is InChI=1S/C27H29FN2O7/c1-15-6-9-19(10-7-15)37-25(20-11-8-18(28)14-22(20)35-5)17(3)36-27(33)16(2)30-26(32)23-24(31)21(34-4)12-13-29-23/h6-14,16-17,25,31H,1-5H3,(H,30,32)/t16-,17-,25-/m0/s1. The molecule has 1 heterocycles. The van der Waals surface area contributed by atoms with Crippen LogP contribution in [0, 0.1) is 12.7 Å². The van der Waals surface area contributed by atoms with Gasteiger partial charge < -0.3 is 29.4 Å². The number of methoxy groups -OCH3 is 2. The molecule has 196 valence electrons. The van der Waals surface area contributed by atoms with E-state index in [-0.39, 0.29) is 17.2 Å². The molecule has 0 aliphatic rings. The van der Waals surface area contributed by atoms with Crippen LogP contribution in [0.4, 0.5) is 4.39 Å². The summed E-state index contributed by atoms with van der Waals surface area (Å²) in [5, 5.41) is 12.6. The maximum atomic E-state index is 13.8. The fourth-order valence-corrected chi connectivity index (χ4v) is 3.53. The Morgan fingerprint density at radius 1 is 1.00 bits per heavy atom. The van der Waals surface area contributed by atoms with E-state index in [1.54, 1.807) is 19.1 Å². The molecule has 2 N–H and O–H groups in total. The summed E-state index contributed by atoms with van der Waals surface area (Å²) in [6.45, 7) is 4.98. The Morgan fingerprint density at radius 3 is 2.32 bits per heavy atom. The number of benzene rings is 2. The van der Waals surface area contributed by atoms with E-state index in [2.05, 4.69) is 10.3 Å². The number of nitrogens with one attached hydrogen (secondary N) is 1. The van der Waals surface area contributed by atoms with Crippen LogP contribution in [0.25, 0.3) is 0 Å². The topological polar surface area (TPSA) is 116 Å². The first-order valence-corrected chi connectivity index (χ1v) is 11.4. The Labute approximate surface area is 214 Å². The minimum Gasteiger partial charge on any atom is -0.503 e. The van der Waals surface area contributed by atoms with Gasteiger partial charge in [0.2, 0.25) is 0 Å². The third kappa shape index (κ3) is 6.66. The lowest BCUT2D eigenvalue weighted by atomic mass is 10.0. The number of hydrogen-bond acceptors (Lipinski definition) is 8. The molecule has 0 radical (unpaired) electrons. The number of halogens is 1. The summed E-state index contributed by atoms with van der Waals surface area (Å²) in [5.41, 5.74) is 1.19. The highest BCUT2D eigenvalue weighted by molar-refractivity contribution is 5.97. The lowest BCUT2D eigenvalue weighted by Gasteiger charge is -2.28. The second kappa shape index (κ2) is 12.1. The minimum absolute atomic E-state index is 0.0633. The van der Waals surface area contributed by atoms with Gasteiger partial charge in [0.05, 0.1) is 14.2 Å². The lowest BCUT2D eigenvalue weighted by molar-refractivity contribution is -0.154. The third-order valence-corrected chi connectivity index (χ3v) is 5.54. The molecule has 3 atom stereocenters. The van der Waals surface area contributed by atoms with Crippen molar-refractivity contribution >= 4 is 11.9 Å². The number of aromatic nitrogens is 1. The van der Waals surface area contributed by atoms with Gasteiger partial charge in [-0.05, 0) is 45.0 Å². The monoisotopic (exact) mass is 512 g/mol. The molecule has 0 aliphatic heterocycles. The van der Waals surface area contributed by atoms with Gasteiger partial charge in [-0.1, -0.05) is 17.7 Å². The first kappa shape index (κ1) is 27.3. The zero-order chi connectivity index (χ0) is 27.1. The number of ether oxygens (including phenoxy) is 4. The Bertz CT molecular complexity index is 1250. The van der Waals surface area contributed by atoms with Crippen LogP contribution >= 0.6 is 0 Å². The molecular formula is C27H29FN2O7. The summed E-state index contributed by atoms with van der Waals surface area (Å²) < 4.78 is 35.9. The van der Waals surface area contributed by atoms with Crippen molar-refractivity contribution in [2.24, 2.45) is 0 Å². The van der Waals surface area contributed by atoms with Crippen molar-refractivity contribution in [2.75, 3.05) is 14.2 Å². The van der Waals surface area contributed by atoms with Crippen molar-refractivity contribution in [1.82, 2.24) is 10.3 Å². The van der Waals surface area contributed by atoms with E-state index in [1.807, 2.05) is 19.1 Å². The minimum atomic E-state index is -1.10. The van der Waals surface area contributed by atoms with Gasteiger partial charge in [0.1, 0.15) is 29.5 Å². The van der Waals surface area contributed by atoms with Gasteiger partial charge >= 0.3 is 5.97 Å². The van der Waals surface area contributed by atoms with Gasteiger partial charge in [-0.2, -0.15) is 0 Å². The first-order chi connectivity index (χ1) is 17.6. The lowest BCUT2D eigenvalue weighted by Crippen LogP contribution is -2.42. The fraction of sp³-hybridized carbons (Fsp3) is 0.296. The van der Waals surface area contributed by atoms with Gasteiger partial charge in [-0.25, -0.2) is 14.2 Å². The van der Waals surface area contributed by atoms with E-state index in [9.17, 15) is 19.1 Å². The van der Waals surface area contributed by atoms with Crippen molar-refractivity contribution in [2.45, 2.75) is 39.0 Å². The van der Waals surface area contributed by atoms with Gasteiger partial charge in [0.15, 0.2) is 23.3 Å². The number of nitrogens with zero attached hydrogens (tertiary/aromatic N) is 1. The molecule has 1 amide bonds. The van der Waals surface area contributed by atoms with E-state index in [4.69, 9.17) is 18.9 Å². The summed E-state index contributed by atoms with van der Waals surface area (Å²) in [4.78, 5) is 29.3. The van der Waals surface area contributed by atoms with Gasteiger partial charge in [-0.3, -0.25) is 4.79 Å². The molecule has 3 aromatic rings. The number of hydrogen-bond donors (Lipinski definition) is 2. The average Bonchev–Trinajstić information content (AvgIpc) is 2.88. The molecule has 9 nitrogen and oxygen atoms in total. The zero-order valence-electron chi connectivity index (χ0n) is 21.2.